The Morgan fingerprint density at radius 2 is 1.71 bits per heavy atom. The van der Waals surface area contributed by atoms with E-state index in [0.717, 1.165) is 38.5 Å². The summed E-state index contributed by atoms with van der Waals surface area (Å²) < 4.78 is 19.7. The molecule has 0 saturated heterocycles. The van der Waals surface area contributed by atoms with E-state index in [1.54, 1.807) is 48.7 Å². The van der Waals surface area contributed by atoms with Gasteiger partial charge in [-0.2, -0.15) is 0 Å². The van der Waals surface area contributed by atoms with Gasteiger partial charge in [-0.25, -0.2) is 9.37 Å². The third kappa shape index (κ3) is 8.86. The number of halogens is 1. The fourth-order valence-corrected chi connectivity index (χ4v) is 5.05. The molecule has 0 spiro atoms. The number of nitrogens with one attached hydrogen (secondary N) is 2. The minimum absolute atomic E-state index is 0.0266. The summed E-state index contributed by atoms with van der Waals surface area (Å²) in [5.74, 6) is -0.222. The Bertz CT molecular complexity index is 1300. The maximum Gasteiger partial charge on any atom is 0.248 e. The van der Waals surface area contributed by atoms with Gasteiger partial charge >= 0.3 is 0 Å². The maximum atomic E-state index is 13.9. The van der Waals surface area contributed by atoms with Gasteiger partial charge in [0.05, 0.1) is 6.61 Å². The number of nitrogens with zero attached hydrogens (tertiary/aromatic N) is 2. The molecule has 1 fully saturated rings. The minimum Gasteiger partial charge on any atom is -0.494 e. The molecule has 1 saturated carbocycles. The Labute approximate surface area is 246 Å². The molecule has 1 atom stereocenters. The highest BCUT2D eigenvalue weighted by Crippen LogP contribution is 2.32. The van der Waals surface area contributed by atoms with E-state index < -0.39 is 11.9 Å². The summed E-state index contributed by atoms with van der Waals surface area (Å²) in [6.45, 7) is 2.67. The number of ether oxygens (including phenoxy) is 1. The average Bonchev–Trinajstić information content (AvgIpc) is 3.50. The number of benzene rings is 2. The number of carbonyl (C=O) groups excluding carboxylic acids is 3. The van der Waals surface area contributed by atoms with Gasteiger partial charge in [-0.3, -0.25) is 19.3 Å². The van der Waals surface area contributed by atoms with Crippen LogP contribution in [-0.2, 0) is 14.4 Å². The number of rotatable bonds is 14. The Hall–Kier alpha value is -4.27. The highest BCUT2D eigenvalue weighted by Gasteiger charge is 2.34. The minimum atomic E-state index is -1.02. The number of aromatic nitrogens is 1. The predicted molar refractivity (Wildman–Crippen MR) is 161 cm³/mol. The summed E-state index contributed by atoms with van der Waals surface area (Å²) in [5.41, 5.74) is 1.01. The van der Waals surface area contributed by atoms with Crippen molar-refractivity contribution >= 4 is 29.2 Å². The number of unbranched alkanes of at least 4 members (excludes halogenated alkanes) is 1. The number of pyridine rings is 1. The molecule has 4 rings (SSSR count). The van der Waals surface area contributed by atoms with E-state index in [-0.39, 0.29) is 43.0 Å². The third-order valence-corrected chi connectivity index (χ3v) is 7.27. The lowest BCUT2D eigenvalue weighted by atomic mass is 10.0. The summed E-state index contributed by atoms with van der Waals surface area (Å²) in [6, 6.07) is 17.0. The smallest absolute Gasteiger partial charge is 0.248 e. The van der Waals surface area contributed by atoms with Crippen LogP contribution in [0.3, 0.4) is 0 Å². The standard InChI is InChI=1S/C33H39FN4O4/c1-2-3-23-42-28-20-18-27(19-21-28)38(31(40)13-8-12-30(39)37-29-11-6-7-22-35-29)32(24-14-16-25(34)17-15-24)33(41)36-26-9-4-5-10-26/h6-7,11,14-22,26,32H,2-5,8-10,12-13,23H2,1H3,(H,36,41)(H,35,37,39)/t32-/m0/s1. The monoisotopic (exact) mass is 574 g/mol. The van der Waals surface area contributed by atoms with Crippen molar-refractivity contribution in [1.82, 2.24) is 10.3 Å². The van der Waals surface area contributed by atoms with Crippen LogP contribution in [0.2, 0.25) is 0 Å². The summed E-state index contributed by atoms with van der Waals surface area (Å²) in [7, 11) is 0. The van der Waals surface area contributed by atoms with E-state index in [1.807, 2.05) is 0 Å². The molecule has 1 aliphatic rings. The van der Waals surface area contributed by atoms with Crippen LogP contribution in [0.5, 0.6) is 5.75 Å². The Kier molecular flexibility index (Phi) is 11.4. The zero-order valence-electron chi connectivity index (χ0n) is 24.1. The summed E-state index contributed by atoms with van der Waals surface area (Å²) in [6.07, 6.45) is 7.76. The predicted octanol–water partition coefficient (Wildman–Crippen LogP) is 6.34. The van der Waals surface area contributed by atoms with Crippen molar-refractivity contribution in [2.24, 2.45) is 0 Å². The van der Waals surface area contributed by atoms with E-state index in [4.69, 9.17) is 4.74 Å². The van der Waals surface area contributed by atoms with Crippen LogP contribution in [-0.4, -0.2) is 35.4 Å². The number of carbonyl (C=O) groups is 3. The zero-order valence-corrected chi connectivity index (χ0v) is 24.1. The first kappa shape index (κ1) is 30.7. The van der Waals surface area contributed by atoms with Gasteiger partial charge < -0.3 is 15.4 Å². The van der Waals surface area contributed by atoms with Crippen molar-refractivity contribution in [2.45, 2.75) is 76.8 Å². The van der Waals surface area contributed by atoms with Gasteiger partial charge in [0, 0.05) is 30.8 Å². The lowest BCUT2D eigenvalue weighted by Gasteiger charge is -2.32. The van der Waals surface area contributed by atoms with Gasteiger partial charge in [-0.15, -0.1) is 0 Å². The van der Waals surface area contributed by atoms with E-state index in [2.05, 4.69) is 22.5 Å². The van der Waals surface area contributed by atoms with Crippen molar-refractivity contribution in [1.29, 1.82) is 0 Å². The molecule has 1 aliphatic carbocycles. The fourth-order valence-electron chi connectivity index (χ4n) is 5.05. The molecule has 2 aromatic carbocycles. The normalized spacial score (nSPS) is 13.8. The van der Waals surface area contributed by atoms with Crippen molar-refractivity contribution in [3.8, 4) is 5.75 Å². The molecular weight excluding hydrogens is 535 g/mol. The molecule has 0 aliphatic heterocycles. The van der Waals surface area contributed by atoms with Gasteiger partial charge in [0.25, 0.3) is 0 Å². The van der Waals surface area contributed by atoms with E-state index in [1.165, 1.54) is 29.2 Å². The Morgan fingerprint density at radius 1 is 0.976 bits per heavy atom. The van der Waals surface area contributed by atoms with Gasteiger partial charge in [-0.05, 0) is 79.8 Å². The highest BCUT2D eigenvalue weighted by molar-refractivity contribution is 6.01. The van der Waals surface area contributed by atoms with E-state index in [0.29, 0.717) is 29.4 Å². The lowest BCUT2D eigenvalue weighted by Crippen LogP contribution is -2.46. The van der Waals surface area contributed by atoms with Crippen molar-refractivity contribution in [3.05, 3.63) is 84.3 Å². The van der Waals surface area contributed by atoms with Crippen LogP contribution < -0.4 is 20.3 Å². The Balaban J connectivity index is 1.57. The second kappa shape index (κ2) is 15.7. The largest absolute Gasteiger partial charge is 0.494 e. The third-order valence-electron chi connectivity index (χ3n) is 7.27. The molecule has 42 heavy (non-hydrogen) atoms. The van der Waals surface area contributed by atoms with Gasteiger partial charge in [0.15, 0.2) is 0 Å². The van der Waals surface area contributed by atoms with Crippen molar-refractivity contribution in [2.75, 3.05) is 16.8 Å². The lowest BCUT2D eigenvalue weighted by molar-refractivity contribution is -0.127. The van der Waals surface area contributed by atoms with Gasteiger partial charge in [-0.1, -0.05) is 44.4 Å². The van der Waals surface area contributed by atoms with Crippen molar-refractivity contribution in [3.63, 3.8) is 0 Å². The topological polar surface area (TPSA) is 101 Å². The molecule has 222 valence electrons. The molecule has 0 radical (unpaired) electrons. The Morgan fingerprint density at radius 3 is 2.38 bits per heavy atom. The number of hydrogen-bond acceptors (Lipinski definition) is 5. The van der Waals surface area contributed by atoms with Crippen LogP contribution in [0.4, 0.5) is 15.9 Å². The zero-order chi connectivity index (χ0) is 29.7. The van der Waals surface area contributed by atoms with Gasteiger partial charge in [0.2, 0.25) is 17.7 Å². The molecule has 9 heteroatoms. The number of amides is 3. The van der Waals surface area contributed by atoms with Crippen LogP contribution in [0.1, 0.15) is 76.3 Å². The molecule has 0 bridgehead atoms. The number of hydrogen-bond donors (Lipinski definition) is 2. The second-order valence-electron chi connectivity index (χ2n) is 10.5. The second-order valence-corrected chi connectivity index (χ2v) is 10.5. The average molecular weight is 575 g/mol. The fraction of sp³-hybridized carbons (Fsp3) is 0.394. The quantitative estimate of drug-likeness (QED) is 0.219. The molecule has 1 heterocycles. The van der Waals surface area contributed by atoms with Gasteiger partial charge in [0.1, 0.15) is 23.4 Å². The molecule has 3 amide bonds. The number of anilines is 2. The SMILES string of the molecule is CCCCOc1ccc(N(C(=O)CCCC(=O)Nc2ccccn2)[C@H](C(=O)NC2CCCC2)c2ccc(F)cc2)cc1. The first-order valence-electron chi connectivity index (χ1n) is 14.8. The van der Waals surface area contributed by atoms with Crippen LogP contribution in [0.15, 0.2) is 72.9 Å². The molecule has 2 N–H and O–H groups in total. The first-order chi connectivity index (χ1) is 20.4. The van der Waals surface area contributed by atoms with E-state index in [9.17, 15) is 18.8 Å². The van der Waals surface area contributed by atoms with Crippen LogP contribution in [0, 0.1) is 5.82 Å². The first-order valence-corrected chi connectivity index (χ1v) is 14.8. The molecular formula is C33H39FN4O4. The highest BCUT2D eigenvalue weighted by atomic mass is 19.1. The maximum absolute atomic E-state index is 13.9. The summed E-state index contributed by atoms with van der Waals surface area (Å²) >= 11 is 0. The molecule has 3 aromatic rings. The summed E-state index contributed by atoms with van der Waals surface area (Å²) in [5, 5.41) is 5.85. The van der Waals surface area contributed by atoms with Crippen molar-refractivity contribution < 1.29 is 23.5 Å². The van der Waals surface area contributed by atoms with E-state index >= 15 is 0 Å². The molecule has 0 unspecified atom stereocenters. The molecule has 8 nitrogen and oxygen atoms in total. The van der Waals surface area contributed by atoms with Crippen LogP contribution >= 0.6 is 0 Å². The molecule has 1 aromatic heterocycles. The summed E-state index contributed by atoms with van der Waals surface area (Å²) in [4.78, 5) is 45.8. The van der Waals surface area contributed by atoms with Crippen LogP contribution in [0.25, 0.3) is 0 Å².